The molecule has 1 aromatic carbocycles. The lowest BCUT2D eigenvalue weighted by molar-refractivity contribution is -0.117. The fourth-order valence-corrected chi connectivity index (χ4v) is 2.77. The number of alkyl halides is 1. The van der Waals surface area contributed by atoms with E-state index in [4.69, 9.17) is 9.47 Å². The number of halogens is 1. The van der Waals surface area contributed by atoms with Gasteiger partial charge in [0.1, 0.15) is 13.2 Å². The number of fused-ring (bicyclic) bond motifs is 1. The van der Waals surface area contributed by atoms with Crippen molar-refractivity contribution in [2.24, 2.45) is 5.92 Å². The first-order valence-corrected chi connectivity index (χ1v) is 7.16. The smallest absolute Gasteiger partial charge is 0.227 e. The zero-order valence-electron chi connectivity index (χ0n) is 9.89. The fraction of sp³-hybridized carbons (Fsp3) is 0.462. The van der Waals surface area contributed by atoms with Crippen LogP contribution >= 0.6 is 15.9 Å². The molecule has 0 bridgehead atoms. The van der Waals surface area contributed by atoms with Gasteiger partial charge in [0.05, 0.1) is 0 Å². The van der Waals surface area contributed by atoms with Gasteiger partial charge in [0.15, 0.2) is 11.5 Å². The Morgan fingerprint density at radius 2 is 2.06 bits per heavy atom. The molecule has 18 heavy (non-hydrogen) atoms. The van der Waals surface area contributed by atoms with E-state index in [0.717, 1.165) is 29.1 Å². The Morgan fingerprint density at radius 1 is 1.28 bits per heavy atom. The Morgan fingerprint density at radius 3 is 2.78 bits per heavy atom. The lowest BCUT2D eigenvalue weighted by Crippen LogP contribution is -2.25. The molecule has 0 aliphatic carbocycles. The van der Waals surface area contributed by atoms with Crippen LogP contribution in [0.5, 0.6) is 11.5 Å². The van der Waals surface area contributed by atoms with Crippen LogP contribution < -0.4 is 14.4 Å². The molecule has 2 heterocycles. The summed E-state index contributed by atoms with van der Waals surface area (Å²) in [5.41, 5.74) is 0.896. The molecule has 1 amide bonds. The maximum atomic E-state index is 11.9. The molecule has 1 fully saturated rings. The molecule has 0 spiro atoms. The zero-order valence-corrected chi connectivity index (χ0v) is 11.5. The van der Waals surface area contributed by atoms with E-state index >= 15 is 0 Å². The molecule has 96 valence electrons. The average Bonchev–Trinajstić information content (AvgIpc) is 2.79. The molecular formula is C13H14BrNO3. The highest BCUT2D eigenvalue weighted by Gasteiger charge is 2.30. The minimum atomic E-state index is 0.177. The second-order valence-electron chi connectivity index (χ2n) is 4.56. The van der Waals surface area contributed by atoms with Crippen LogP contribution in [0.15, 0.2) is 18.2 Å². The number of carbonyl (C=O) groups is 1. The van der Waals surface area contributed by atoms with Gasteiger partial charge >= 0.3 is 0 Å². The van der Waals surface area contributed by atoms with Crippen molar-refractivity contribution in [2.45, 2.75) is 6.42 Å². The van der Waals surface area contributed by atoms with Crippen molar-refractivity contribution in [3.05, 3.63) is 18.2 Å². The van der Waals surface area contributed by atoms with Crippen molar-refractivity contribution in [2.75, 3.05) is 30.0 Å². The summed E-state index contributed by atoms with van der Waals surface area (Å²) in [5, 5.41) is 0.861. The third-order valence-electron chi connectivity index (χ3n) is 3.26. The molecule has 1 unspecified atom stereocenters. The number of hydrogen-bond acceptors (Lipinski definition) is 3. The zero-order chi connectivity index (χ0) is 12.5. The van der Waals surface area contributed by atoms with Gasteiger partial charge in [-0.1, -0.05) is 15.9 Å². The maximum absolute atomic E-state index is 11.9. The number of amides is 1. The van der Waals surface area contributed by atoms with E-state index in [1.54, 1.807) is 0 Å². The van der Waals surface area contributed by atoms with Crippen LogP contribution in [-0.2, 0) is 4.79 Å². The molecule has 0 saturated carbocycles. The topological polar surface area (TPSA) is 38.8 Å². The minimum Gasteiger partial charge on any atom is -0.486 e. The highest BCUT2D eigenvalue weighted by molar-refractivity contribution is 9.09. The Hall–Kier alpha value is -1.23. The van der Waals surface area contributed by atoms with Crippen molar-refractivity contribution < 1.29 is 14.3 Å². The number of nitrogens with zero attached hydrogens (tertiary/aromatic N) is 1. The first-order chi connectivity index (χ1) is 8.78. The van der Waals surface area contributed by atoms with E-state index < -0.39 is 0 Å². The van der Waals surface area contributed by atoms with E-state index in [1.807, 2.05) is 23.1 Å². The van der Waals surface area contributed by atoms with Gasteiger partial charge in [-0.2, -0.15) is 0 Å². The molecule has 4 nitrogen and oxygen atoms in total. The second kappa shape index (κ2) is 4.80. The van der Waals surface area contributed by atoms with E-state index in [0.29, 0.717) is 25.6 Å². The van der Waals surface area contributed by atoms with Crippen molar-refractivity contribution in [1.29, 1.82) is 0 Å². The number of ether oxygens (including phenoxy) is 2. The van der Waals surface area contributed by atoms with Crippen molar-refractivity contribution in [3.8, 4) is 11.5 Å². The summed E-state index contributed by atoms with van der Waals surface area (Å²) >= 11 is 3.44. The summed E-state index contributed by atoms with van der Waals surface area (Å²) in [4.78, 5) is 13.8. The van der Waals surface area contributed by atoms with E-state index in [9.17, 15) is 4.79 Å². The lowest BCUT2D eigenvalue weighted by Gasteiger charge is -2.22. The summed E-state index contributed by atoms with van der Waals surface area (Å²) in [6.07, 6.45) is 0.611. The van der Waals surface area contributed by atoms with Gasteiger partial charge < -0.3 is 14.4 Å². The summed E-state index contributed by atoms with van der Waals surface area (Å²) < 4.78 is 11.0. The van der Waals surface area contributed by atoms with Crippen LogP contribution in [0.4, 0.5) is 5.69 Å². The monoisotopic (exact) mass is 311 g/mol. The Labute approximate surface area is 114 Å². The Balaban J connectivity index is 1.86. The Bertz CT molecular complexity index is 477. The number of rotatable bonds is 2. The van der Waals surface area contributed by atoms with Crippen LogP contribution in [-0.4, -0.2) is 31.0 Å². The summed E-state index contributed by atoms with van der Waals surface area (Å²) in [7, 11) is 0. The van der Waals surface area contributed by atoms with Crippen molar-refractivity contribution in [3.63, 3.8) is 0 Å². The molecule has 1 aromatic rings. The SMILES string of the molecule is O=C1CC(CBr)CN1c1ccc2c(c1)OCCO2. The van der Waals surface area contributed by atoms with E-state index in [1.165, 1.54) is 0 Å². The van der Waals surface area contributed by atoms with Gasteiger partial charge in [-0.15, -0.1) is 0 Å². The summed E-state index contributed by atoms with van der Waals surface area (Å²) in [5.74, 6) is 2.06. The molecule has 3 rings (SSSR count). The predicted molar refractivity (Wildman–Crippen MR) is 71.7 cm³/mol. The highest BCUT2D eigenvalue weighted by Crippen LogP contribution is 2.36. The fourth-order valence-electron chi connectivity index (χ4n) is 2.33. The molecular weight excluding hydrogens is 298 g/mol. The number of carbonyl (C=O) groups excluding carboxylic acids is 1. The number of anilines is 1. The molecule has 0 N–H and O–H groups in total. The quantitative estimate of drug-likeness (QED) is 0.786. The number of hydrogen-bond donors (Lipinski definition) is 0. The maximum Gasteiger partial charge on any atom is 0.227 e. The third-order valence-corrected chi connectivity index (χ3v) is 4.18. The van der Waals surface area contributed by atoms with Gasteiger partial charge in [-0.3, -0.25) is 4.79 Å². The van der Waals surface area contributed by atoms with Gasteiger partial charge in [-0.25, -0.2) is 0 Å². The van der Waals surface area contributed by atoms with Crippen LogP contribution in [0.1, 0.15) is 6.42 Å². The first kappa shape index (κ1) is 11.8. The Kier molecular flexibility index (Phi) is 3.16. The van der Waals surface area contributed by atoms with Gasteiger partial charge in [0.2, 0.25) is 5.91 Å². The molecule has 0 radical (unpaired) electrons. The van der Waals surface area contributed by atoms with E-state index in [-0.39, 0.29) is 5.91 Å². The summed E-state index contributed by atoms with van der Waals surface area (Å²) in [6, 6.07) is 5.68. The standard InChI is InChI=1S/C13H14BrNO3/c14-7-9-5-13(16)15(8-9)10-1-2-11-12(6-10)18-4-3-17-11/h1-2,6,9H,3-5,7-8H2. The predicted octanol–water partition coefficient (Wildman–Crippen LogP) is 2.21. The lowest BCUT2D eigenvalue weighted by atomic mass is 10.2. The molecule has 1 atom stereocenters. The summed E-state index contributed by atoms with van der Waals surface area (Å²) in [6.45, 7) is 1.92. The molecule has 2 aliphatic heterocycles. The van der Waals surface area contributed by atoms with Crippen LogP contribution in [0.2, 0.25) is 0 Å². The number of benzene rings is 1. The normalized spacial score (nSPS) is 22.4. The minimum absolute atomic E-state index is 0.177. The second-order valence-corrected chi connectivity index (χ2v) is 5.20. The molecule has 0 aromatic heterocycles. The molecule has 5 heteroatoms. The van der Waals surface area contributed by atoms with Crippen molar-refractivity contribution in [1.82, 2.24) is 0 Å². The first-order valence-electron chi connectivity index (χ1n) is 6.04. The highest BCUT2D eigenvalue weighted by atomic mass is 79.9. The molecule has 2 aliphatic rings. The van der Waals surface area contributed by atoms with Gasteiger partial charge in [-0.05, 0) is 18.1 Å². The largest absolute Gasteiger partial charge is 0.486 e. The van der Waals surface area contributed by atoms with Crippen molar-refractivity contribution >= 4 is 27.5 Å². The van der Waals surface area contributed by atoms with Crippen LogP contribution in [0, 0.1) is 5.92 Å². The van der Waals surface area contributed by atoms with Gasteiger partial charge in [0, 0.05) is 30.0 Å². The van der Waals surface area contributed by atoms with Crippen LogP contribution in [0.25, 0.3) is 0 Å². The third kappa shape index (κ3) is 2.07. The van der Waals surface area contributed by atoms with Gasteiger partial charge in [0.25, 0.3) is 0 Å². The average molecular weight is 312 g/mol. The van der Waals surface area contributed by atoms with E-state index in [2.05, 4.69) is 15.9 Å². The molecule has 1 saturated heterocycles. The van der Waals surface area contributed by atoms with Crippen LogP contribution in [0.3, 0.4) is 0 Å².